The van der Waals surface area contributed by atoms with Crippen LogP contribution in [0.25, 0.3) is 0 Å². The Morgan fingerprint density at radius 3 is 2.68 bits per heavy atom. The molecule has 2 nitrogen and oxygen atoms in total. The van der Waals surface area contributed by atoms with E-state index in [2.05, 4.69) is 40.7 Å². The van der Waals surface area contributed by atoms with E-state index in [1.54, 1.807) is 0 Å². The van der Waals surface area contributed by atoms with Gasteiger partial charge in [-0.25, -0.2) is 0 Å². The molecule has 104 valence electrons. The van der Waals surface area contributed by atoms with E-state index in [0.717, 1.165) is 16.6 Å². The van der Waals surface area contributed by atoms with Crippen LogP contribution in [0.1, 0.15) is 38.7 Å². The molecule has 2 rings (SSSR count). The van der Waals surface area contributed by atoms with Gasteiger partial charge in [-0.2, -0.15) is 0 Å². The van der Waals surface area contributed by atoms with Crippen LogP contribution in [0.4, 0.5) is 5.69 Å². The zero-order chi connectivity index (χ0) is 14.0. The first kappa shape index (κ1) is 14.8. The van der Waals surface area contributed by atoms with Crippen molar-refractivity contribution in [3.8, 4) is 0 Å². The highest BCUT2D eigenvalue weighted by molar-refractivity contribution is 9.10. The number of nitrogens with two attached hydrogens (primary N) is 1. The van der Waals surface area contributed by atoms with Gasteiger partial charge in [-0.3, -0.25) is 0 Å². The summed E-state index contributed by atoms with van der Waals surface area (Å²) in [7, 11) is 0. The van der Waals surface area contributed by atoms with E-state index in [9.17, 15) is 0 Å². The maximum atomic E-state index is 5.87. The number of halogens is 1. The summed E-state index contributed by atoms with van der Waals surface area (Å²) in [6, 6.07) is 6.84. The molecule has 0 aliphatic heterocycles. The minimum Gasteiger partial charge on any atom is -0.389 e. The Labute approximate surface area is 129 Å². The standard InChI is InChI=1S/C15H21BrN2S/c1-10(2)7-8-18(12-4-5-12)14-9-11(16)3-6-13(14)15(17)19/h3,6,9-10,12H,4-5,7-8H2,1-2H3,(H2,17,19). The van der Waals surface area contributed by atoms with Crippen LogP contribution in [-0.4, -0.2) is 17.6 Å². The third kappa shape index (κ3) is 3.93. The van der Waals surface area contributed by atoms with Gasteiger partial charge in [0.2, 0.25) is 0 Å². The molecule has 0 atom stereocenters. The first-order valence-corrected chi connectivity index (χ1v) is 8.05. The molecule has 1 fully saturated rings. The second-order valence-corrected chi connectivity index (χ2v) is 6.99. The number of benzene rings is 1. The summed E-state index contributed by atoms with van der Waals surface area (Å²) in [6.45, 7) is 5.61. The van der Waals surface area contributed by atoms with E-state index in [1.165, 1.54) is 24.9 Å². The molecule has 4 heteroatoms. The lowest BCUT2D eigenvalue weighted by molar-refractivity contribution is 0.570. The Balaban J connectivity index is 2.29. The van der Waals surface area contributed by atoms with Crippen molar-refractivity contribution in [2.24, 2.45) is 11.7 Å². The quantitative estimate of drug-likeness (QED) is 0.790. The highest BCUT2D eigenvalue weighted by Crippen LogP contribution is 2.35. The van der Waals surface area contributed by atoms with Gasteiger partial charge in [-0.05, 0) is 43.4 Å². The molecule has 19 heavy (non-hydrogen) atoms. The number of rotatable bonds is 6. The number of hydrogen-bond acceptors (Lipinski definition) is 2. The number of hydrogen-bond donors (Lipinski definition) is 1. The second-order valence-electron chi connectivity index (χ2n) is 5.63. The molecule has 2 N–H and O–H groups in total. The Morgan fingerprint density at radius 1 is 1.47 bits per heavy atom. The molecule has 0 amide bonds. The minimum absolute atomic E-state index is 0.484. The van der Waals surface area contributed by atoms with Crippen molar-refractivity contribution < 1.29 is 0 Å². The maximum absolute atomic E-state index is 5.87. The predicted molar refractivity (Wildman–Crippen MR) is 89.9 cm³/mol. The molecule has 0 unspecified atom stereocenters. The average molecular weight is 341 g/mol. The number of anilines is 1. The molecule has 1 aromatic rings. The lowest BCUT2D eigenvalue weighted by Crippen LogP contribution is -2.30. The summed E-state index contributed by atoms with van der Waals surface area (Å²) in [5.74, 6) is 0.710. The zero-order valence-electron chi connectivity index (χ0n) is 11.5. The Bertz CT molecular complexity index is 469. The van der Waals surface area contributed by atoms with Crippen molar-refractivity contribution in [1.82, 2.24) is 0 Å². The van der Waals surface area contributed by atoms with Crippen LogP contribution >= 0.6 is 28.1 Å². The van der Waals surface area contributed by atoms with E-state index in [0.29, 0.717) is 16.9 Å². The molecular weight excluding hydrogens is 320 g/mol. The van der Waals surface area contributed by atoms with E-state index in [4.69, 9.17) is 18.0 Å². The summed E-state index contributed by atoms with van der Waals surface area (Å²) in [5, 5.41) is 0. The van der Waals surface area contributed by atoms with Crippen molar-refractivity contribution in [3.05, 3.63) is 28.2 Å². The molecule has 1 aliphatic carbocycles. The van der Waals surface area contributed by atoms with Gasteiger partial charge in [0.1, 0.15) is 4.99 Å². The molecule has 0 heterocycles. The minimum atomic E-state index is 0.484. The molecule has 0 saturated heterocycles. The first-order valence-electron chi connectivity index (χ1n) is 6.85. The zero-order valence-corrected chi connectivity index (χ0v) is 13.9. The van der Waals surface area contributed by atoms with E-state index >= 15 is 0 Å². The molecule has 0 spiro atoms. The third-order valence-corrected chi connectivity index (χ3v) is 4.18. The van der Waals surface area contributed by atoms with Crippen LogP contribution in [0, 0.1) is 5.92 Å². The highest BCUT2D eigenvalue weighted by atomic mass is 79.9. The summed E-state index contributed by atoms with van der Waals surface area (Å²) < 4.78 is 1.08. The summed E-state index contributed by atoms with van der Waals surface area (Å²) >= 11 is 8.74. The summed E-state index contributed by atoms with van der Waals surface area (Å²) in [5.41, 5.74) is 8.05. The smallest absolute Gasteiger partial charge is 0.106 e. The Morgan fingerprint density at radius 2 is 2.16 bits per heavy atom. The molecule has 0 radical (unpaired) electrons. The largest absolute Gasteiger partial charge is 0.389 e. The molecule has 0 aromatic heterocycles. The Hall–Kier alpha value is -0.610. The number of nitrogens with zero attached hydrogens (tertiary/aromatic N) is 1. The van der Waals surface area contributed by atoms with Crippen molar-refractivity contribution in [2.75, 3.05) is 11.4 Å². The van der Waals surface area contributed by atoms with Gasteiger partial charge < -0.3 is 10.6 Å². The van der Waals surface area contributed by atoms with Gasteiger partial charge in [0.05, 0.1) is 0 Å². The van der Waals surface area contributed by atoms with Crippen molar-refractivity contribution in [2.45, 2.75) is 39.2 Å². The third-order valence-electron chi connectivity index (χ3n) is 3.47. The van der Waals surface area contributed by atoms with Crippen LogP contribution in [0.15, 0.2) is 22.7 Å². The highest BCUT2D eigenvalue weighted by Gasteiger charge is 2.30. The van der Waals surface area contributed by atoms with Crippen LogP contribution < -0.4 is 10.6 Å². The van der Waals surface area contributed by atoms with Crippen LogP contribution in [0.5, 0.6) is 0 Å². The second kappa shape index (κ2) is 6.23. The van der Waals surface area contributed by atoms with E-state index in [-0.39, 0.29) is 0 Å². The molecule has 0 bridgehead atoms. The van der Waals surface area contributed by atoms with Crippen LogP contribution in [0.3, 0.4) is 0 Å². The predicted octanol–water partition coefficient (Wildman–Crippen LogP) is 4.10. The average Bonchev–Trinajstić information content (AvgIpc) is 3.13. The topological polar surface area (TPSA) is 29.3 Å². The van der Waals surface area contributed by atoms with Crippen molar-refractivity contribution in [3.63, 3.8) is 0 Å². The fourth-order valence-corrected chi connectivity index (χ4v) is 2.76. The number of thiocarbonyl (C=S) groups is 1. The SMILES string of the molecule is CC(C)CCN(c1cc(Br)ccc1C(N)=S)C1CC1. The summed E-state index contributed by atoms with van der Waals surface area (Å²) in [6.07, 6.45) is 3.75. The van der Waals surface area contributed by atoms with Gasteiger partial charge >= 0.3 is 0 Å². The van der Waals surface area contributed by atoms with Crippen molar-refractivity contribution in [1.29, 1.82) is 0 Å². The van der Waals surface area contributed by atoms with Gasteiger partial charge in [0.15, 0.2) is 0 Å². The van der Waals surface area contributed by atoms with E-state index < -0.39 is 0 Å². The van der Waals surface area contributed by atoms with Gasteiger partial charge in [-0.15, -0.1) is 0 Å². The fraction of sp³-hybridized carbons (Fsp3) is 0.533. The van der Waals surface area contributed by atoms with Gasteiger partial charge in [-0.1, -0.05) is 42.0 Å². The molecule has 1 saturated carbocycles. The lowest BCUT2D eigenvalue weighted by atomic mass is 10.1. The normalized spacial score (nSPS) is 14.7. The van der Waals surface area contributed by atoms with Gasteiger partial charge in [0.25, 0.3) is 0 Å². The fourth-order valence-electron chi connectivity index (χ4n) is 2.23. The lowest BCUT2D eigenvalue weighted by Gasteiger charge is -2.28. The van der Waals surface area contributed by atoms with E-state index in [1.807, 2.05) is 12.1 Å². The van der Waals surface area contributed by atoms with Crippen LogP contribution in [0.2, 0.25) is 0 Å². The Kier molecular flexibility index (Phi) is 4.85. The van der Waals surface area contributed by atoms with Crippen LogP contribution in [-0.2, 0) is 0 Å². The molecular formula is C15H21BrN2S. The molecule has 1 aliphatic rings. The maximum Gasteiger partial charge on any atom is 0.106 e. The monoisotopic (exact) mass is 340 g/mol. The first-order chi connectivity index (χ1) is 8.99. The molecule has 1 aromatic carbocycles. The summed E-state index contributed by atoms with van der Waals surface area (Å²) in [4.78, 5) is 2.97. The van der Waals surface area contributed by atoms with Crippen molar-refractivity contribution >= 4 is 38.8 Å². The van der Waals surface area contributed by atoms with Gasteiger partial charge in [0, 0.05) is 28.3 Å².